The number of hydrogen-bond donors (Lipinski definition) is 0. The van der Waals surface area contributed by atoms with Crippen LogP contribution in [-0.4, -0.2) is 26.3 Å². The maximum Gasteiger partial charge on any atom is 0.349 e. The second-order valence-electron chi connectivity index (χ2n) is 4.48. The molecule has 0 aliphatic carbocycles. The summed E-state index contributed by atoms with van der Waals surface area (Å²) in [5.41, 5.74) is 1.04. The summed E-state index contributed by atoms with van der Waals surface area (Å²) in [6.07, 6.45) is 1.54. The predicted octanol–water partition coefficient (Wildman–Crippen LogP) is 4.27. The Hall–Kier alpha value is -1.94. The Balaban J connectivity index is 2.17. The Bertz CT molecular complexity index is 761. The van der Waals surface area contributed by atoms with E-state index >= 15 is 0 Å². The first kappa shape index (κ1) is 17.4. The van der Waals surface area contributed by atoms with Gasteiger partial charge in [-0.05, 0) is 24.3 Å². The van der Waals surface area contributed by atoms with E-state index in [0.29, 0.717) is 6.61 Å². The molecule has 0 aliphatic rings. The van der Waals surface area contributed by atoms with Gasteiger partial charge in [0.05, 0.1) is 6.61 Å². The third kappa shape index (κ3) is 4.76. The average Bonchev–Trinajstić information content (AvgIpc) is 3.01. The zero-order valence-corrected chi connectivity index (χ0v) is 14.8. The van der Waals surface area contributed by atoms with Gasteiger partial charge in [-0.25, -0.2) is 4.79 Å². The molecule has 118 valence electrons. The molecule has 2 rings (SSSR count). The molecule has 4 nitrogen and oxygen atoms in total. The minimum absolute atomic E-state index is 0.0263. The topological polar surface area (TPSA) is 59.3 Å². The maximum absolute atomic E-state index is 11.8. The number of ether oxygens (including phenoxy) is 2. The monoisotopic (exact) mass is 391 g/mol. The number of hydrogen-bond acceptors (Lipinski definition) is 5. The van der Waals surface area contributed by atoms with Crippen LogP contribution >= 0.6 is 27.3 Å². The van der Waals surface area contributed by atoms with Crippen LogP contribution in [0.4, 0.5) is 0 Å². The molecule has 0 aliphatic heterocycles. The van der Waals surface area contributed by atoms with Crippen molar-refractivity contribution in [2.75, 3.05) is 20.3 Å². The van der Waals surface area contributed by atoms with Crippen molar-refractivity contribution in [1.82, 2.24) is 0 Å². The van der Waals surface area contributed by atoms with Crippen molar-refractivity contribution in [1.29, 1.82) is 5.26 Å². The zero-order valence-electron chi connectivity index (χ0n) is 12.4. The minimum Gasteiger partial charge on any atom is -0.459 e. The van der Waals surface area contributed by atoms with E-state index in [1.165, 1.54) is 18.4 Å². The molecule has 0 amide bonds. The second-order valence-corrected chi connectivity index (χ2v) is 6.45. The molecule has 6 heteroatoms. The standard InChI is InChI=1S/C17H14BrNO3S/c1-21-8-9-22-17(20)12(11-19)10-13-6-7-16(23-13)14-4-2-3-5-15(14)18/h2-7,10H,8-9H2,1H3/b12-10+. The summed E-state index contributed by atoms with van der Waals surface area (Å²) in [6, 6.07) is 13.6. The van der Waals surface area contributed by atoms with E-state index in [9.17, 15) is 4.79 Å². The van der Waals surface area contributed by atoms with Crippen LogP contribution in [0.2, 0.25) is 0 Å². The van der Waals surface area contributed by atoms with Crippen molar-refractivity contribution in [3.8, 4) is 16.5 Å². The Morgan fingerprint density at radius 3 is 2.78 bits per heavy atom. The van der Waals surface area contributed by atoms with Crippen LogP contribution in [0, 0.1) is 11.3 Å². The van der Waals surface area contributed by atoms with E-state index in [1.807, 2.05) is 42.5 Å². The lowest BCUT2D eigenvalue weighted by molar-refractivity contribution is -0.139. The van der Waals surface area contributed by atoms with Gasteiger partial charge >= 0.3 is 5.97 Å². The fourth-order valence-electron chi connectivity index (χ4n) is 1.81. The molecule has 0 fully saturated rings. The minimum atomic E-state index is -0.639. The van der Waals surface area contributed by atoms with Gasteiger partial charge in [0.15, 0.2) is 0 Å². The summed E-state index contributed by atoms with van der Waals surface area (Å²) in [6.45, 7) is 0.427. The molecule has 0 spiro atoms. The molecule has 1 aromatic heterocycles. The zero-order chi connectivity index (χ0) is 16.7. The highest BCUT2D eigenvalue weighted by Crippen LogP contribution is 2.34. The van der Waals surface area contributed by atoms with Crippen molar-refractivity contribution in [2.45, 2.75) is 0 Å². The molecular weight excluding hydrogens is 378 g/mol. The van der Waals surface area contributed by atoms with Crippen molar-refractivity contribution in [2.24, 2.45) is 0 Å². The van der Waals surface area contributed by atoms with E-state index in [1.54, 1.807) is 6.08 Å². The van der Waals surface area contributed by atoms with E-state index < -0.39 is 5.97 Å². The van der Waals surface area contributed by atoms with Gasteiger partial charge in [0, 0.05) is 26.9 Å². The molecular formula is C17H14BrNO3S. The lowest BCUT2D eigenvalue weighted by Gasteiger charge is -2.02. The number of nitriles is 1. The van der Waals surface area contributed by atoms with Crippen LogP contribution in [0.25, 0.3) is 16.5 Å². The van der Waals surface area contributed by atoms with Crippen molar-refractivity contribution >= 4 is 39.3 Å². The van der Waals surface area contributed by atoms with Crippen LogP contribution in [-0.2, 0) is 14.3 Å². The Labute approximate surface area is 147 Å². The highest BCUT2D eigenvalue weighted by atomic mass is 79.9. The number of nitrogens with zero attached hydrogens (tertiary/aromatic N) is 1. The highest BCUT2D eigenvalue weighted by Gasteiger charge is 2.12. The van der Waals surface area contributed by atoms with E-state index in [-0.39, 0.29) is 12.2 Å². The first-order chi connectivity index (χ1) is 11.2. The van der Waals surface area contributed by atoms with Crippen LogP contribution in [0.1, 0.15) is 4.88 Å². The molecule has 0 N–H and O–H groups in total. The highest BCUT2D eigenvalue weighted by molar-refractivity contribution is 9.10. The number of benzene rings is 1. The summed E-state index contributed by atoms with van der Waals surface area (Å²) >= 11 is 5.02. The normalized spacial score (nSPS) is 11.1. The van der Waals surface area contributed by atoms with Gasteiger partial charge in [-0.3, -0.25) is 0 Å². The van der Waals surface area contributed by atoms with Gasteiger partial charge in [0.2, 0.25) is 0 Å². The van der Waals surface area contributed by atoms with E-state index in [4.69, 9.17) is 14.7 Å². The van der Waals surface area contributed by atoms with Crippen LogP contribution in [0.15, 0.2) is 46.4 Å². The van der Waals surface area contributed by atoms with Gasteiger partial charge in [0.25, 0.3) is 0 Å². The fraction of sp³-hybridized carbons (Fsp3) is 0.176. The summed E-state index contributed by atoms with van der Waals surface area (Å²) in [5, 5.41) is 9.13. The van der Waals surface area contributed by atoms with Gasteiger partial charge in [0.1, 0.15) is 18.2 Å². The SMILES string of the molecule is COCCOC(=O)/C(C#N)=C/c1ccc(-c2ccccc2Br)s1. The number of halogens is 1. The van der Waals surface area contributed by atoms with Crippen molar-refractivity contribution in [3.05, 3.63) is 51.3 Å². The quantitative estimate of drug-likeness (QED) is 0.319. The number of carbonyl (C=O) groups is 1. The summed E-state index contributed by atoms with van der Waals surface area (Å²) < 4.78 is 10.8. The number of carbonyl (C=O) groups excluding carboxylic acids is 1. The molecule has 0 unspecified atom stereocenters. The van der Waals surface area contributed by atoms with Crippen LogP contribution in [0.5, 0.6) is 0 Å². The second kappa shape index (κ2) is 8.63. The molecule has 0 bridgehead atoms. The lowest BCUT2D eigenvalue weighted by atomic mass is 10.2. The van der Waals surface area contributed by atoms with Gasteiger partial charge in [-0.2, -0.15) is 5.26 Å². The third-order valence-electron chi connectivity index (χ3n) is 2.91. The van der Waals surface area contributed by atoms with Crippen LogP contribution in [0.3, 0.4) is 0 Å². The molecule has 2 aromatic rings. The molecule has 0 radical (unpaired) electrons. The molecule has 0 atom stereocenters. The summed E-state index contributed by atoms with van der Waals surface area (Å²) in [5.74, 6) is -0.639. The fourth-order valence-corrected chi connectivity index (χ4v) is 3.43. The smallest absolute Gasteiger partial charge is 0.349 e. The maximum atomic E-state index is 11.8. The Morgan fingerprint density at radius 2 is 2.09 bits per heavy atom. The molecule has 0 saturated heterocycles. The first-order valence-corrected chi connectivity index (χ1v) is 8.39. The first-order valence-electron chi connectivity index (χ1n) is 6.78. The molecule has 1 aromatic carbocycles. The molecule has 1 heterocycles. The number of esters is 1. The lowest BCUT2D eigenvalue weighted by Crippen LogP contribution is -2.10. The molecule has 23 heavy (non-hydrogen) atoms. The van der Waals surface area contributed by atoms with Crippen molar-refractivity contribution < 1.29 is 14.3 Å². The average molecular weight is 392 g/mol. The van der Waals surface area contributed by atoms with Crippen LogP contribution < -0.4 is 0 Å². The predicted molar refractivity (Wildman–Crippen MR) is 93.9 cm³/mol. The summed E-state index contributed by atoms with van der Waals surface area (Å²) in [4.78, 5) is 13.7. The van der Waals surface area contributed by atoms with Gasteiger partial charge < -0.3 is 9.47 Å². The Morgan fingerprint density at radius 1 is 1.30 bits per heavy atom. The third-order valence-corrected chi connectivity index (χ3v) is 4.67. The number of thiophene rings is 1. The number of methoxy groups -OCH3 is 1. The number of rotatable bonds is 6. The van der Waals surface area contributed by atoms with E-state index in [0.717, 1.165) is 19.8 Å². The van der Waals surface area contributed by atoms with Gasteiger partial charge in [-0.15, -0.1) is 11.3 Å². The van der Waals surface area contributed by atoms with Gasteiger partial charge in [-0.1, -0.05) is 34.1 Å². The van der Waals surface area contributed by atoms with Crippen molar-refractivity contribution in [3.63, 3.8) is 0 Å². The van der Waals surface area contributed by atoms with E-state index in [2.05, 4.69) is 15.9 Å². The largest absolute Gasteiger partial charge is 0.459 e. The molecule has 0 saturated carbocycles. The summed E-state index contributed by atoms with van der Waals surface area (Å²) in [7, 11) is 1.52. The Kier molecular flexibility index (Phi) is 6.53.